The predicted molar refractivity (Wildman–Crippen MR) is 82.9 cm³/mol. The average Bonchev–Trinajstić information content (AvgIpc) is 2.48. The zero-order valence-electron chi connectivity index (χ0n) is 11.7. The molecule has 0 fully saturated rings. The molecule has 2 aromatic rings. The number of nitrogens with zero attached hydrogens (tertiary/aromatic N) is 4. The molecule has 21 heavy (non-hydrogen) atoms. The minimum absolute atomic E-state index is 0.113. The largest absolute Gasteiger partial charge is 0.378 e. The Hall–Kier alpha value is -2.96. The molecular weight excluding hydrogens is 270 g/mol. The predicted octanol–water partition coefficient (Wildman–Crippen LogP) is 2.50. The molecule has 1 N–H and O–H groups in total. The summed E-state index contributed by atoms with van der Waals surface area (Å²) in [6, 6.07) is 10.6. The molecule has 0 saturated carbocycles. The number of hydrogen-bond acceptors (Lipinski definition) is 6. The van der Waals surface area contributed by atoms with Crippen LogP contribution in [0, 0.1) is 10.1 Å². The number of nitrogens with one attached hydrogen (secondary N) is 1. The van der Waals surface area contributed by atoms with Crippen LogP contribution < -0.4 is 10.3 Å². The summed E-state index contributed by atoms with van der Waals surface area (Å²) in [6.45, 7) is 0. The van der Waals surface area contributed by atoms with E-state index in [2.05, 4.69) is 15.5 Å². The van der Waals surface area contributed by atoms with Crippen LogP contribution in [-0.2, 0) is 0 Å². The van der Waals surface area contributed by atoms with Gasteiger partial charge in [-0.1, -0.05) is 12.1 Å². The van der Waals surface area contributed by atoms with Crippen molar-refractivity contribution in [3.05, 3.63) is 58.3 Å². The zero-order chi connectivity index (χ0) is 15.2. The van der Waals surface area contributed by atoms with E-state index in [9.17, 15) is 10.1 Å². The van der Waals surface area contributed by atoms with Crippen molar-refractivity contribution in [1.82, 2.24) is 4.98 Å². The quantitative estimate of drug-likeness (QED) is 0.518. The lowest BCUT2D eigenvalue weighted by Gasteiger charge is -2.11. The van der Waals surface area contributed by atoms with Gasteiger partial charge in [-0.15, -0.1) is 0 Å². The number of anilines is 2. The maximum atomic E-state index is 10.8. The first-order valence-electron chi connectivity index (χ1n) is 6.24. The van der Waals surface area contributed by atoms with Crippen LogP contribution in [0.15, 0.2) is 47.7 Å². The third-order valence-corrected chi connectivity index (χ3v) is 2.78. The van der Waals surface area contributed by atoms with Gasteiger partial charge in [-0.25, -0.2) is 4.98 Å². The molecule has 1 aromatic heterocycles. The van der Waals surface area contributed by atoms with Gasteiger partial charge in [0.2, 0.25) is 5.82 Å². The van der Waals surface area contributed by atoms with Crippen LogP contribution in [0.3, 0.4) is 0 Å². The molecule has 0 bridgehead atoms. The topological polar surface area (TPSA) is 83.7 Å². The van der Waals surface area contributed by atoms with Crippen LogP contribution in [0.4, 0.5) is 17.2 Å². The van der Waals surface area contributed by atoms with Gasteiger partial charge in [0.1, 0.15) is 0 Å². The lowest BCUT2D eigenvalue weighted by molar-refractivity contribution is -0.384. The van der Waals surface area contributed by atoms with Crippen LogP contribution in [0.2, 0.25) is 0 Å². The first kappa shape index (κ1) is 14.4. The second-order valence-corrected chi connectivity index (χ2v) is 4.48. The maximum Gasteiger partial charge on any atom is 0.313 e. The van der Waals surface area contributed by atoms with Gasteiger partial charge in [0.05, 0.1) is 11.1 Å². The van der Waals surface area contributed by atoms with Gasteiger partial charge < -0.3 is 4.90 Å². The number of pyridine rings is 1. The molecule has 0 aliphatic carbocycles. The SMILES string of the molecule is CN(C)c1ccc(/C=N\Nc2ncccc2[N+](=O)[O-])cc1. The molecule has 0 amide bonds. The van der Waals surface area contributed by atoms with Gasteiger partial charge >= 0.3 is 5.69 Å². The molecule has 1 heterocycles. The van der Waals surface area contributed by atoms with Crippen LogP contribution in [0.25, 0.3) is 0 Å². The second-order valence-electron chi connectivity index (χ2n) is 4.48. The lowest BCUT2D eigenvalue weighted by atomic mass is 10.2. The van der Waals surface area contributed by atoms with E-state index in [1.165, 1.54) is 18.3 Å². The van der Waals surface area contributed by atoms with Crippen molar-refractivity contribution in [2.75, 3.05) is 24.4 Å². The molecule has 0 aliphatic rings. The summed E-state index contributed by atoms with van der Waals surface area (Å²) in [5, 5.41) is 14.8. The Balaban J connectivity index is 2.07. The Morgan fingerprint density at radius 1 is 1.29 bits per heavy atom. The summed E-state index contributed by atoms with van der Waals surface area (Å²) in [4.78, 5) is 16.2. The van der Waals surface area contributed by atoms with E-state index >= 15 is 0 Å². The van der Waals surface area contributed by atoms with Gasteiger partial charge in [-0.2, -0.15) is 5.10 Å². The molecule has 0 aliphatic heterocycles. The number of benzene rings is 1. The van der Waals surface area contributed by atoms with Gasteiger partial charge in [0.15, 0.2) is 0 Å². The van der Waals surface area contributed by atoms with Gasteiger partial charge in [-0.05, 0) is 23.8 Å². The average molecular weight is 285 g/mol. The van der Waals surface area contributed by atoms with Crippen LogP contribution in [-0.4, -0.2) is 30.2 Å². The minimum atomic E-state index is -0.503. The molecule has 0 unspecified atom stereocenters. The fourth-order valence-corrected chi connectivity index (χ4v) is 1.66. The number of hydrogen-bond donors (Lipinski definition) is 1. The summed E-state index contributed by atoms with van der Waals surface area (Å²) in [7, 11) is 3.93. The van der Waals surface area contributed by atoms with Crippen molar-refractivity contribution < 1.29 is 4.92 Å². The standard InChI is InChI=1S/C14H15N5O2/c1-18(2)12-7-5-11(6-8-12)10-16-17-14-13(19(20)21)4-3-9-15-14/h3-10H,1-2H3,(H,15,17)/b16-10-. The molecule has 7 heteroatoms. The Morgan fingerprint density at radius 3 is 2.62 bits per heavy atom. The third kappa shape index (κ3) is 3.75. The Bertz CT molecular complexity index is 653. The van der Waals surface area contributed by atoms with Gasteiger partial charge in [0, 0.05) is 32.0 Å². The normalized spacial score (nSPS) is 10.6. The highest BCUT2D eigenvalue weighted by Gasteiger charge is 2.12. The first-order chi connectivity index (χ1) is 10.1. The van der Waals surface area contributed by atoms with Crippen molar-refractivity contribution in [2.24, 2.45) is 5.10 Å². The number of nitro groups is 1. The van der Waals surface area contributed by atoms with Crippen molar-refractivity contribution in [3.63, 3.8) is 0 Å². The number of rotatable bonds is 5. The summed E-state index contributed by atoms with van der Waals surface area (Å²) in [5.74, 6) is 0.115. The summed E-state index contributed by atoms with van der Waals surface area (Å²) in [6.07, 6.45) is 3.05. The Kier molecular flexibility index (Phi) is 4.45. The first-order valence-corrected chi connectivity index (χ1v) is 6.24. The molecule has 0 saturated heterocycles. The molecule has 0 atom stereocenters. The highest BCUT2D eigenvalue weighted by molar-refractivity contribution is 5.81. The summed E-state index contributed by atoms with van der Waals surface area (Å²) >= 11 is 0. The summed E-state index contributed by atoms with van der Waals surface area (Å²) < 4.78 is 0. The van der Waals surface area contributed by atoms with E-state index in [-0.39, 0.29) is 11.5 Å². The molecule has 7 nitrogen and oxygen atoms in total. The third-order valence-electron chi connectivity index (χ3n) is 2.78. The highest BCUT2D eigenvalue weighted by atomic mass is 16.6. The van der Waals surface area contributed by atoms with Crippen LogP contribution >= 0.6 is 0 Å². The second kappa shape index (κ2) is 6.47. The highest BCUT2D eigenvalue weighted by Crippen LogP contribution is 2.20. The van der Waals surface area contributed by atoms with E-state index in [4.69, 9.17) is 0 Å². The maximum absolute atomic E-state index is 10.8. The van der Waals surface area contributed by atoms with Crippen molar-refractivity contribution in [3.8, 4) is 0 Å². The Labute approximate surface area is 122 Å². The van der Waals surface area contributed by atoms with E-state index in [1.807, 2.05) is 43.3 Å². The molecule has 0 radical (unpaired) electrons. The molecule has 0 spiro atoms. The molecule has 1 aromatic carbocycles. The smallest absolute Gasteiger partial charge is 0.313 e. The molecular formula is C14H15N5O2. The monoisotopic (exact) mass is 285 g/mol. The van der Waals surface area contributed by atoms with Crippen molar-refractivity contribution >= 4 is 23.4 Å². The summed E-state index contributed by atoms with van der Waals surface area (Å²) in [5.41, 5.74) is 4.44. The van der Waals surface area contributed by atoms with E-state index in [0.29, 0.717) is 0 Å². The fraction of sp³-hybridized carbons (Fsp3) is 0.143. The Morgan fingerprint density at radius 2 is 2.00 bits per heavy atom. The van der Waals surface area contributed by atoms with E-state index < -0.39 is 4.92 Å². The van der Waals surface area contributed by atoms with Crippen LogP contribution in [0.5, 0.6) is 0 Å². The van der Waals surface area contributed by atoms with Crippen LogP contribution in [0.1, 0.15) is 5.56 Å². The number of aromatic nitrogens is 1. The van der Waals surface area contributed by atoms with Gasteiger partial charge in [-0.3, -0.25) is 15.5 Å². The van der Waals surface area contributed by atoms with E-state index in [1.54, 1.807) is 6.21 Å². The van der Waals surface area contributed by atoms with Crippen molar-refractivity contribution in [1.29, 1.82) is 0 Å². The fourth-order valence-electron chi connectivity index (χ4n) is 1.66. The van der Waals surface area contributed by atoms with Crippen molar-refractivity contribution in [2.45, 2.75) is 0 Å². The molecule has 108 valence electrons. The molecule has 2 rings (SSSR count). The van der Waals surface area contributed by atoms with Gasteiger partial charge in [0.25, 0.3) is 0 Å². The number of hydrazone groups is 1. The minimum Gasteiger partial charge on any atom is -0.378 e. The van der Waals surface area contributed by atoms with E-state index in [0.717, 1.165) is 11.3 Å². The lowest BCUT2D eigenvalue weighted by Crippen LogP contribution is -2.08. The zero-order valence-corrected chi connectivity index (χ0v) is 11.7.